The van der Waals surface area contributed by atoms with Crippen molar-refractivity contribution >= 4 is 5.91 Å². The van der Waals surface area contributed by atoms with Gasteiger partial charge in [0.15, 0.2) is 6.61 Å². The zero-order chi connectivity index (χ0) is 17.0. The van der Waals surface area contributed by atoms with Crippen molar-refractivity contribution in [1.29, 1.82) is 5.26 Å². The number of nitrogens with one attached hydrogen (secondary N) is 1. The van der Waals surface area contributed by atoms with Crippen LogP contribution in [0.5, 0.6) is 5.75 Å². The fourth-order valence-corrected chi connectivity index (χ4v) is 1.83. The normalized spacial score (nSPS) is 14.1. The van der Waals surface area contributed by atoms with Crippen LogP contribution in [0.25, 0.3) is 0 Å². The molecule has 0 aliphatic heterocycles. The van der Waals surface area contributed by atoms with Gasteiger partial charge in [-0.3, -0.25) is 4.79 Å². The van der Waals surface area contributed by atoms with Crippen molar-refractivity contribution in [1.82, 2.24) is 5.32 Å². The van der Waals surface area contributed by atoms with Crippen molar-refractivity contribution in [3.05, 3.63) is 29.8 Å². The molecule has 4 heteroatoms. The summed E-state index contributed by atoms with van der Waals surface area (Å²) in [7, 11) is 0. The number of hydrogen-bond acceptors (Lipinski definition) is 3. The summed E-state index contributed by atoms with van der Waals surface area (Å²) < 4.78 is 5.48. The molecule has 0 aromatic heterocycles. The van der Waals surface area contributed by atoms with Crippen LogP contribution < -0.4 is 10.1 Å². The molecular formula is C18H26N2O2. The Bertz CT molecular complexity index is 550. The van der Waals surface area contributed by atoms with Crippen molar-refractivity contribution in [3.8, 4) is 11.8 Å². The van der Waals surface area contributed by atoms with E-state index in [1.807, 2.05) is 38.1 Å². The maximum atomic E-state index is 11.9. The topological polar surface area (TPSA) is 62.1 Å². The van der Waals surface area contributed by atoms with Gasteiger partial charge in [0.05, 0.1) is 6.07 Å². The van der Waals surface area contributed by atoms with Gasteiger partial charge in [-0.15, -0.1) is 0 Å². The van der Waals surface area contributed by atoms with Gasteiger partial charge in [0.2, 0.25) is 0 Å². The standard InChI is InChI=1S/C18H26N2O2/c1-13(2)18(6,12-19)20-16(21)11-22-15-9-7-14(8-10-15)17(3,4)5/h7-10,13H,11H2,1-6H3,(H,20,21). The predicted octanol–water partition coefficient (Wildman–Crippen LogP) is 3.42. The Labute approximate surface area is 133 Å². The summed E-state index contributed by atoms with van der Waals surface area (Å²) >= 11 is 0. The van der Waals surface area contributed by atoms with Crippen molar-refractivity contribution in [2.75, 3.05) is 6.61 Å². The quantitative estimate of drug-likeness (QED) is 0.906. The molecule has 0 aliphatic carbocycles. The van der Waals surface area contributed by atoms with E-state index in [-0.39, 0.29) is 23.8 Å². The number of carbonyl (C=O) groups is 1. The van der Waals surface area contributed by atoms with Crippen LogP contribution >= 0.6 is 0 Å². The van der Waals surface area contributed by atoms with E-state index >= 15 is 0 Å². The van der Waals surface area contributed by atoms with E-state index in [0.29, 0.717) is 5.75 Å². The lowest BCUT2D eigenvalue weighted by atomic mass is 9.87. The molecule has 4 nitrogen and oxygen atoms in total. The van der Waals surface area contributed by atoms with E-state index in [1.54, 1.807) is 6.92 Å². The molecule has 0 aliphatic rings. The SMILES string of the molecule is CC(C)C(C)(C#N)NC(=O)COc1ccc(C(C)(C)C)cc1. The molecule has 0 spiro atoms. The first-order valence-corrected chi connectivity index (χ1v) is 7.54. The van der Waals surface area contributed by atoms with Gasteiger partial charge in [-0.1, -0.05) is 46.8 Å². The largest absolute Gasteiger partial charge is 0.484 e. The molecule has 1 rings (SSSR count). The Morgan fingerprint density at radius 1 is 1.23 bits per heavy atom. The van der Waals surface area contributed by atoms with E-state index in [1.165, 1.54) is 5.56 Å². The van der Waals surface area contributed by atoms with Crippen molar-refractivity contribution < 1.29 is 9.53 Å². The lowest BCUT2D eigenvalue weighted by molar-refractivity contribution is -0.124. The number of nitriles is 1. The second-order valence-electron chi connectivity index (χ2n) is 7.08. The highest BCUT2D eigenvalue weighted by molar-refractivity contribution is 5.78. The van der Waals surface area contributed by atoms with Crippen molar-refractivity contribution in [2.24, 2.45) is 5.92 Å². The molecule has 1 atom stereocenters. The molecule has 0 heterocycles. The summed E-state index contributed by atoms with van der Waals surface area (Å²) in [5.41, 5.74) is 0.416. The molecule has 22 heavy (non-hydrogen) atoms. The second-order valence-corrected chi connectivity index (χ2v) is 7.08. The number of benzene rings is 1. The zero-order valence-corrected chi connectivity index (χ0v) is 14.4. The monoisotopic (exact) mass is 302 g/mol. The van der Waals surface area contributed by atoms with Crippen molar-refractivity contribution in [2.45, 2.75) is 52.5 Å². The number of carbonyl (C=O) groups excluding carboxylic acids is 1. The Morgan fingerprint density at radius 3 is 2.18 bits per heavy atom. The summed E-state index contributed by atoms with van der Waals surface area (Å²) in [6.07, 6.45) is 0. The van der Waals surface area contributed by atoms with Crippen molar-refractivity contribution in [3.63, 3.8) is 0 Å². The number of ether oxygens (including phenoxy) is 1. The number of hydrogen-bond donors (Lipinski definition) is 1. The average molecular weight is 302 g/mol. The lowest BCUT2D eigenvalue weighted by Gasteiger charge is -2.27. The first kappa shape index (κ1) is 18.0. The summed E-state index contributed by atoms with van der Waals surface area (Å²) in [6, 6.07) is 9.87. The fourth-order valence-electron chi connectivity index (χ4n) is 1.83. The van der Waals surface area contributed by atoms with E-state index in [2.05, 4.69) is 32.2 Å². The molecule has 120 valence electrons. The van der Waals surface area contributed by atoms with Crippen LogP contribution in [0.2, 0.25) is 0 Å². The minimum Gasteiger partial charge on any atom is -0.484 e. The first-order chi connectivity index (χ1) is 10.1. The third kappa shape index (κ3) is 4.77. The molecule has 1 aromatic carbocycles. The molecule has 1 amide bonds. The predicted molar refractivity (Wildman–Crippen MR) is 87.6 cm³/mol. The van der Waals surface area contributed by atoms with E-state index in [4.69, 9.17) is 4.74 Å². The van der Waals surface area contributed by atoms with Crippen LogP contribution in [0.1, 0.15) is 47.1 Å². The van der Waals surface area contributed by atoms with Gasteiger partial charge < -0.3 is 10.1 Å². The van der Waals surface area contributed by atoms with E-state index in [9.17, 15) is 10.1 Å². The summed E-state index contributed by atoms with van der Waals surface area (Å²) in [5, 5.41) is 11.9. The minimum atomic E-state index is -0.878. The van der Waals surface area contributed by atoms with Crippen LogP contribution in [0.3, 0.4) is 0 Å². The van der Waals surface area contributed by atoms with Gasteiger partial charge in [0.25, 0.3) is 5.91 Å². The third-order valence-corrected chi connectivity index (χ3v) is 3.88. The number of nitrogens with zero attached hydrogens (tertiary/aromatic N) is 1. The van der Waals surface area contributed by atoms with Gasteiger partial charge in [-0.05, 0) is 36.0 Å². The molecule has 0 radical (unpaired) electrons. The van der Waals surface area contributed by atoms with Gasteiger partial charge in [0.1, 0.15) is 11.3 Å². The molecule has 0 saturated heterocycles. The Kier molecular flexibility index (Phi) is 5.59. The number of amides is 1. The van der Waals surface area contributed by atoms with Gasteiger partial charge in [0, 0.05) is 0 Å². The Morgan fingerprint density at radius 2 is 1.77 bits per heavy atom. The number of rotatable bonds is 5. The molecule has 1 aromatic rings. The molecule has 1 unspecified atom stereocenters. The molecule has 0 saturated carbocycles. The summed E-state index contributed by atoms with van der Waals surface area (Å²) in [4.78, 5) is 11.9. The molecule has 0 bridgehead atoms. The van der Waals surface area contributed by atoms with Gasteiger partial charge >= 0.3 is 0 Å². The maximum Gasteiger partial charge on any atom is 0.259 e. The highest BCUT2D eigenvalue weighted by atomic mass is 16.5. The smallest absolute Gasteiger partial charge is 0.259 e. The van der Waals surface area contributed by atoms with Gasteiger partial charge in [-0.25, -0.2) is 0 Å². The Hall–Kier alpha value is -2.02. The summed E-state index contributed by atoms with van der Waals surface area (Å²) in [5.74, 6) is 0.372. The lowest BCUT2D eigenvalue weighted by Crippen LogP contribution is -2.50. The highest BCUT2D eigenvalue weighted by Crippen LogP contribution is 2.24. The first-order valence-electron chi connectivity index (χ1n) is 7.54. The Balaban J connectivity index is 2.60. The average Bonchev–Trinajstić information content (AvgIpc) is 2.44. The van der Waals surface area contributed by atoms with Crippen LogP contribution in [-0.2, 0) is 10.2 Å². The van der Waals surface area contributed by atoms with E-state index < -0.39 is 5.54 Å². The third-order valence-electron chi connectivity index (χ3n) is 3.88. The van der Waals surface area contributed by atoms with Crippen LogP contribution in [0.4, 0.5) is 0 Å². The van der Waals surface area contributed by atoms with Gasteiger partial charge in [-0.2, -0.15) is 5.26 Å². The van der Waals surface area contributed by atoms with Crippen LogP contribution in [0, 0.1) is 17.2 Å². The zero-order valence-electron chi connectivity index (χ0n) is 14.4. The fraction of sp³-hybridized carbons (Fsp3) is 0.556. The van der Waals surface area contributed by atoms with Crippen LogP contribution in [0.15, 0.2) is 24.3 Å². The van der Waals surface area contributed by atoms with E-state index in [0.717, 1.165) is 0 Å². The molecular weight excluding hydrogens is 276 g/mol. The second kappa shape index (κ2) is 6.83. The molecule has 1 N–H and O–H groups in total. The summed E-state index contributed by atoms with van der Waals surface area (Å²) in [6.45, 7) is 11.8. The molecule has 0 fully saturated rings. The maximum absolute atomic E-state index is 11.9. The van der Waals surface area contributed by atoms with Crippen LogP contribution in [-0.4, -0.2) is 18.1 Å². The highest BCUT2D eigenvalue weighted by Gasteiger charge is 2.30. The minimum absolute atomic E-state index is 0.0209.